The molecular formula is C10H18N4O2. The van der Waals surface area contributed by atoms with Crippen LogP contribution in [0.2, 0.25) is 0 Å². The van der Waals surface area contributed by atoms with Gasteiger partial charge < -0.3 is 14.8 Å². The zero-order valence-corrected chi connectivity index (χ0v) is 9.72. The molecular weight excluding hydrogens is 208 g/mol. The maximum atomic E-state index is 5.67. The molecule has 1 fully saturated rings. The summed E-state index contributed by atoms with van der Waals surface area (Å²) in [5.74, 6) is 0. The highest BCUT2D eigenvalue weighted by Crippen LogP contribution is 2.09. The second-order valence-corrected chi connectivity index (χ2v) is 3.97. The van der Waals surface area contributed by atoms with Crippen molar-refractivity contribution < 1.29 is 9.47 Å². The van der Waals surface area contributed by atoms with Gasteiger partial charge in [-0.3, -0.25) is 4.68 Å². The summed E-state index contributed by atoms with van der Waals surface area (Å²) in [5.41, 5.74) is 0.969. The second-order valence-electron chi connectivity index (χ2n) is 3.97. The Morgan fingerprint density at radius 3 is 3.06 bits per heavy atom. The summed E-state index contributed by atoms with van der Waals surface area (Å²) >= 11 is 0. The fourth-order valence-electron chi connectivity index (χ4n) is 1.87. The van der Waals surface area contributed by atoms with Crippen LogP contribution in [-0.2, 0) is 22.9 Å². The maximum absolute atomic E-state index is 5.67. The molecule has 1 aliphatic rings. The van der Waals surface area contributed by atoms with Crippen LogP contribution in [0.15, 0.2) is 6.20 Å². The van der Waals surface area contributed by atoms with Crippen molar-refractivity contribution in [3.05, 3.63) is 11.9 Å². The van der Waals surface area contributed by atoms with Crippen molar-refractivity contribution in [2.45, 2.75) is 18.6 Å². The lowest BCUT2D eigenvalue weighted by molar-refractivity contribution is -0.100. The van der Waals surface area contributed by atoms with Crippen LogP contribution in [0.1, 0.15) is 5.69 Å². The summed E-state index contributed by atoms with van der Waals surface area (Å²) in [6, 6.07) is 0.219. The summed E-state index contributed by atoms with van der Waals surface area (Å²) < 4.78 is 12.8. The molecule has 2 atom stereocenters. The molecule has 1 aromatic heterocycles. The summed E-state index contributed by atoms with van der Waals surface area (Å²) in [6.45, 7) is 2.01. The van der Waals surface area contributed by atoms with Crippen LogP contribution in [0.5, 0.6) is 0 Å². The van der Waals surface area contributed by atoms with Gasteiger partial charge in [0.1, 0.15) is 0 Å². The first-order chi connectivity index (χ1) is 7.79. The number of aryl methyl sites for hydroxylation is 1. The van der Waals surface area contributed by atoms with Gasteiger partial charge in [-0.15, -0.1) is 5.10 Å². The molecule has 0 bridgehead atoms. The van der Waals surface area contributed by atoms with Gasteiger partial charge in [0, 0.05) is 25.7 Å². The van der Waals surface area contributed by atoms with Crippen LogP contribution in [0.3, 0.4) is 0 Å². The first-order valence-corrected chi connectivity index (χ1v) is 5.51. The third-order valence-corrected chi connectivity index (χ3v) is 2.74. The molecule has 0 radical (unpaired) electrons. The SMILES string of the molecule is CNC(Cc1cn(C)nn1)C1COCCO1. The van der Waals surface area contributed by atoms with Crippen molar-refractivity contribution in [1.29, 1.82) is 0 Å². The topological polar surface area (TPSA) is 61.2 Å². The van der Waals surface area contributed by atoms with Gasteiger partial charge >= 0.3 is 0 Å². The zero-order chi connectivity index (χ0) is 11.4. The number of ether oxygens (including phenoxy) is 2. The molecule has 1 aromatic rings. The predicted octanol–water partition coefficient (Wildman–Crippen LogP) is -0.639. The molecule has 2 unspecified atom stereocenters. The molecule has 1 saturated heterocycles. The van der Waals surface area contributed by atoms with Crippen molar-refractivity contribution in [2.24, 2.45) is 7.05 Å². The lowest BCUT2D eigenvalue weighted by Crippen LogP contribution is -2.46. The first kappa shape index (κ1) is 11.5. The van der Waals surface area contributed by atoms with Crippen LogP contribution < -0.4 is 5.32 Å². The fourth-order valence-corrected chi connectivity index (χ4v) is 1.87. The molecule has 1 N–H and O–H groups in total. The Hall–Kier alpha value is -0.980. The van der Waals surface area contributed by atoms with Gasteiger partial charge in [0.05, 0.1) is 31.6 Å². The quantitative estimate of drug-likeness (QED) is 0.740. The summed E-state index contributed by atoms with van der Waals surface area (Å²) in [6.07, 6.45) is 2.83. The number of nitrogens with one attached hydrogen (secondary N) is 1. The highest BCUT2D eigenvalue weighted by atomic mass is 16.6. The molecule has 1 aliphatic heterocycles. The van der Waals surface area contributed by atoms with Crippen molar-refractivity contribution in [2.75, 3.05) is 26.9 Å². The van der Waals surface area contributed by atoms with Crippen molar-refractivity contribution >= 4 is 0 Å². The number of hydrogen-bond donors (Lipinski definition) is 1. The van der Waals surface area contributed by atoms with E-state index in [1.54, 1.807) is 4.68 Å². The zero-order valence-electron chi connectivity index (χ0n) is 9.72. The molecule has 6 heteroatoms. The van der Waals surface area contributed by atoms with Crippen LogP contribution in [-0.4, -0.2) is 54.0 Å². The van der Waals surface area contributed by atoms with E-state index in [9.17, 15) is 0 Å². The van der Waals surface area contributed by atoms with E-state index < -0.39 is 0 Å². The number of aromatic nitrogens is 3. The Morgan fingerprint density at radius 1 is 1.62 bits per heavy atom. The Balaban J connectivity index is 1.94. The van der Waals surface area contributed by atoms with Gasteiger partial charge in [-0.2, -0.15) is 0 Å². The Labute approximate surface area is 94.9 Å². The van der Waals surface area contributed by atoms with Gasteiger partial charge in [0.2, 0.25) is 0 Å². The maximum Gasteiger partial charge on any atom is 0.0965 e. The predicted molar refractivity (Wildman–Crippen MR) is 58.1 cm³/mol. The van der Waals surface area contributed by atoms with E-state index in [1.165, 1.54) is 0 Å². The van der Waals surface area contributed by atoms with Crippen LogP contribution >= 0.6 is 0 Å². The number of nitrogens with zero attached hydrogens (tertiary/aromatic N) is 3. The molecule has 2 heterocycles. The van der Waals surface area contributed by atoms with Crippen LogP contribution in [0, 0.1) is 0 Å². The largest absolute Gasteiger partial charge is 0.376 e. The molecule has 6 nitrogen and oxygen atoms in total. The van der Waals surface area contributed by atoms with E-state index in [0.717, 1.165) is 12.1 Å². The van der Waals surface area contributed by atoms with Crippen LogP contribution in [0.25, 0.3) is 0 Å². The highest BCUT2D eigenvalue weighted by Gasteiger charge is 2.24. The molecule has 0 aliphatic carbocycles. The van der Waals surface area contributed by atoms with Crippen molar-refractivity contribution in [3.8, 4) is 0 Å². The van der Waals surface area contributed by atoms with Gasteiger partial charge in [0.25, 0.3) is 0 Å². The average Bonchev–Trinajstić information content (AvgIpc) is 2.73. The minimum Gasteiger partial charge on any atom is -0.376 e. The van der Waals surface area contributed by atoms with E-state index in [4.69, 9.17) is 9.47 Å². The van der Waals surface area contributed by atoms with E-state index in [-0.39, 0.29) is 12.1 Å². The normalized spacial score (nSPS) is 23.2. The third-order valence-electron chi connectivity index (χ3n) is 2.74. The van der Waals surface area contributed by atoms with Gasteiger partial charge in [-0.25, -0.2) is 0 Å². The lowest BCUT2D eigenvalue weighted by atomic mass is 10.1. The lowest BCUT2D eigenvalue weighted by Gasteiger charge is -2.29. The van der Waals surface area contributed by atoms with E-state index in [1.807, 2.05) is 20.3 Å². The first-order valence-electron chi connectivity index (χ1n) is 5.51. The highest BCUT2D eigenvalue weighted by molar-refractivity contribution is 4.97. The molecule has 0 amide bonds. The molecule has 0 saturated carbocycles. The monoisotopic (exact) mass is 226 g/mol. The van der Waals surface area contributed by atoms with E-state index in [0.29, 0.717) is 19.8 Å². The van der Waals surface area contributed by atoms with Gasteiger partial charge in [0.15, 0.2) is 0 Å². The van der Waals surface area contributed by atoms with E-state index in [2.05, 4.69) is 15.6 Å². The minimum atomic E-state index is 0.0979. The number of rotatable bonds is 4. The summed E-state index contributed by atoms with van der Waals surface area (Å²) in [7, 11) is 3.80. The smallest absolute Gasteiger partial charge is 0.0965 e. The third kappa shape index (κ3) is 2.78. The summed E-state index contributed by atoms with van der Waals surface area (Å²) in [5, 5.41) is 11.2. The minimum absolute atomic E-state index is 0.0979. The second kappa shape index (κ2) is 5.38. The Kier molecular flexibility index (Phi) is 3.87. The average molecular weight is 226 g/mol. The van der Waals surface area contributed by atoms with Gasteiger partial charge in [-0.1, -0.05) is 5.21 Å². The molecule has 90 valence electrons. The van der Waals surface area contributed by atoms with Crippen LogP contribution in [0.4, 0.5) is 0 Å². The fraction of sp³-hybridized carbons (Fsp3) is 0.800. The van der Waals surface area contributed by atoms with Crippen molar-refractivity contribution in [3.63, 3.8) is 0 Å². The molecule has 16 heavy (non-hydrogen) atoms. The van der Waals surface area contributed by atoms with E-state index >= 15 is 0 Å². The van der Waals surface area contributed by atoms with Gasteiger partial charge in [-0.05, 0) is 7.05 Å². The summed E-state index contributed by atoms with van der Waals surface area (Å²) in [4.78, 5) is 0. The number of likely N-dealkylation sites (N-methyl/N-ethyl adjacent to an activating group) is 1. The molecule has 0 aromatic carbocycles. The number of hydrogen-bond acceptors (Lipinski definition) is 5. The Morgan fingerprint density at radius 2 is 2.50 bits per heavy atom. The van der Waals surface area contributed by atoms with Crippen molar-refractivity contribution in [1.82, 2.24) is 20.3 Å². The Bertz CT molecular complexity index is 322. The molecule has 0 spiro atoms. The molecule has 2 rings (SSSR count). The standard InChI is InChI=1S/C10H18N4O2/c1-11-9(10-7-15-3-4-16-10)5-8-6-14(2)13-12-8/h6,9-11H,3-5,7H2,1-2H3.